The van der Waals surface area contributed by atoms with Gasteiger partial charge < -0.3 is 9.47 Å². The van der Waals surface area contributed by atoms with E-state index in [0.29, 0.717) is 17.2 Å². The van der Waals surface area contributed by atoms with Gasteiger partial charge in [-0.1, -0.05) is 18.7 Å². The fourth-order valence-electron chi connectivity index (χ4n) is 3.00. The summed E-state index contributed by atoms with van der Waals surface area (Å²) in [6.07, 6.45) is -0.637. The summed E-state index contributed by atoms with van der Waals surface area (Å²) in [4.78, 5) is 3.74. The first-order chi connectivity index (χ1) is 14.9. The number of halogens is 7. The lowest BCUT2D eigenvalue weighted by atomic mass is 9.90. The number of benzene rings is 1. The van der Waals surface area contributed by atoms with E-state index < -0.39 is 53.1 Å². The molecule has 1 aliphatic heterocycles. The van der Waals surface area contributed by atoms with Gasteiger partial charge in [0.2, 0.25) is 0 Å². The summed E-state index contributed by atoms with van der Waals surface area (Å²) in [6.45, 7) is 4.26. The van der Waals surface area contributed by atoms with Gasteiger partial charge in [-0.15, -0.1) is 13.2 Å². The van der Waals surface area contributed by atoms with Gasteiger partial charge in [-0.05, 0) is 48.4 Å². The maximum atomic E-state index is 15.1. The lowest BCUT2D eigenvalue weighted by Gasteiger charge is -2.24. The fraction of sp³-hybridized carbons (Fsp3) is 0.227. The molecule has 0 aliphatic carbocycles. The molecule has 0 radical (unpaired) electrons. The van der Waals surface area contributed by atoms with Gasteiger partial charge in [-0.3, -0.25) is 4.98 Å². The third kappa shape index (κ3) is 4.69. The molecule has 32 heavy (non-hydrogen) atoms. The minimum absolute atomic E-state index is 0.343. The molecule has 1 saturated heterocycles. The van der Waals surface area contributed by atoms with Crippen LogP contribution in [0.2, 0.25) is 0 Å². The smallest absolute Gasteiger partial charge is 0.406 e. The zero-order valence-electron chi connectivity index (χ0n) is 16.5. The molecular weight excluding hydrogens is 443 g/mol. The van der Waals surface area contributed by atoms with Crippen molar-refractivity contribution in [1.82, 2.24) is 4.98 Å². The van der Waals surface area contributed by atoms with Gasteiger partial charge in [0.05, 0.1) is 6.61 Å². The third-order valence-corrected chi connectivity index (χ3v) is 4.78. The highest BCUT2D eigenvalue weighted by Crippen LogP contribution is 2.56. The number of hydrogen-bond donors (Lipinski definition) is 0. The highest BCUT2D eigenvalue weighted by atomic mass is 19.4. The summed E-state index contributed by atoms with van der Waals surface area (Å²) < 4.78 is 103. The van der Waals surface area contributed by atoms with Crippen LogP contribution in [0.25, 0.3) is 5.57 Å². The van der Waals surface area contributed by atoms with Crippen molar-refractivity contribution >= 4 is 5.57 Å². The van der Waals surface area contributed by atoms with Crippen LogP contribution in [0.3, 0.4) is 0 Å². The molecule has 170 valence electrons. The fourth-order valence-corrected chi connectivity index (χ4v) is 3.00. The Balaban J connectivity index is 1.85. The molecule has 0 spiro atoms. The molecule has 3 rings (SSSR count). The van der Waals surface area contributed by atoms with E-state index in [1.807, 2.05) is 0 Å². The van der Waals surface area contributed by atoms with E-state index in [2.05, 4.69) is 16.3 Å². The number of nitrogens with zero attached hydrogens (tertiary/aromatic N) is 1. The molecule has 1 atom stereocenters. The van der Waals surface area contributed by atoms with Crippen molar-refractivity contribution in [3.63, 3.8) is 0 Å². The minimum atomic E-state index is -4.89. The van der Waals surface area contributed by atoms with E-state index in [9.17, 15) is 22.0 Å². The number of pyridine rings is 1. The topological polar surface area (TPSA) is 34.7 Å². The van der Waals surface area contributed by atoms with E-state index in [4.69, 9.17) is 4.74 Å². The van der Waals surface area contributed by atoms with E-state index in [0.717, 1.165) is 36.5 Å². The second-order valence-corrected chi connectivity index (χ2v) is 6.92. The second-order valence-electron chi connectivity index (χ2n) is 6.92. The number of allylic oxidation sites excluding steroid dienone is 4. The average molecular weight is 459 g/mol. The van der Waals surface area contributed by atoms with Crippen LogP contribution in [0.15, 0.2) is 67.1 Å². The molecular formula is C22H16F7NO2. The Morgan fingerprint density at radius 1 is 1.12 bits per heavy atom. The molecule has 10 heteroatoms. The van der Waals surface area contributed by atoms with E-state index in [1.165, 1.54) is 19.1 Å². The molecule has 2 aromatic rings. The second kappa shape index (κ2) is 8.42. The Morgan fingerprint density at radius 2 is 1.81 bits per heavy atom. The van der Waals surface area contributed by atoms with Crippen LogP contribution in [0.5, 0.6) is 0 Å². The molecule has 0 saturated carbocycles. The largest absolute Gasteiger partial charge is 0.573 e. The molecule has 1 aromatic carbocycles. The summed E-state index contributed by atoms with van der Waals surface area (Å²) in [5, 5.41) is 0. The van der Waals surface area contributed by atoms with Crippen LogP contribution >= 0.6 is 0 Å². The van der Waals surface area contributed by atoms with Gasteiger partial charge in [0.25, 0.3) is 0 Å². The van der Waals surface area contributed by atoms with Gasteiger partial charge in [0.15, 0.2) is 5.60 Å². The van der Waals surface area contributed by atoms with Gasteiger partial charge in [-0.25, -0.2) is 8.78 Å². The quantitative estimate of drug-likeness (QED) is 0.208. The molecule has 2 heterocycles. The summed E-state index contributed by atoms with van der Waals surface area (Å²) in [5.41, 5.74) is -2.76. The SMILES string of the molecule is C=C/C(=C\C=C(/C)c1ccc(C(F)(F)C2(c3ccc(F)cc3F)CO2)nc1)OC(F)(F)F. The van der Waals surface area contributed by atoms with Crippen molar-refractivity contribution in [2.45, 2.75) is 24.8 Å². The number of rotatable bonds is 7. The Bertz CT molecular complexity index is 1070. The average Bonchev–Trinajstić information content (AvgIpc) is 3.52. The Morgan fingerprint density at radius 3 is 2.31 bits per heavy atom. The van der Waals surface area contributed by atoms with E-state index >= 15 is 8.78 Å². The lowest BCUT2D eigenvalue weighted by molar-refractivity contribution is -0.303. The van der Waals surface area contributed by atoms with Crippen molar-refractivity contribution in [2.24, 2.45) is 0 Å². The molecule has 0 bridgehead atoms. The predicted octanol–water partition coefficient (Wildman–Crippen LogP) is 6.39. The minimum Gasteiger partial charge on any atom is -0.406 e. The Hall–Kier alpha value is -3.14. The summed E-state index contributed by atoms with van der Waals surface area (Å²) in [6, 6.07) is 4.54. The molecule has 3 nitrogen and oxygen atoms in total. The van der Waals surface area contributed by atoms with E-state index in [1.54, 1.807) is 0 Å². The molecule has 0 N–H and O–H groups in total. The van der Waals surface area contributed by atoms with Gasteiger partial charge in [-0.2, -0.15) is 8.78 Å². The van der Waals surface area contributed by atoms with Crippen LogP contribution in [0, 0.1) is 11.6 Å². The molecule has 1 unspecified atom stereocenters. The van der Waals surface area contributed by atoms with Gasteiger partial charge in [0, 0.05) is 17.8 Å². The predicted molar refractivity (Wildman–Crippen MR) is 101 cm³/mol. The third-order valence-electron chi connectivity index (χ3n) is 4.78. The normalized spacial score (nSPS) is 19.6. The van der Waals surface area contributed by atoms with Gasteiger partial charge >= 0.3 is 12.3 Å². The molecule has 1 aromatic heterocycles. The van der Waals surface area contributed by atoms with Crippen molar-refractivity contribution in [3.8, 4) is 0 Å². The van der Waals surface area contributed by atoms with Gasteiger partial charge in [0.1, 0.15) is 23.1 Å². The monoisotopic (exact) mass is 459 g/mol. The summed E-state index contributed by atoms with van der Waals surface area (Å²) in [5.74, 6) is -6.37. The first kappa shape index (κ1) is 23.5. The Labute approximate surface area is 178 Å². The summed E-state index contributed by atoms with van der Waals surface area (Å²) in [7, 11) is 0. The highest BCUT2D eigenvalue weighted by molar-refractivity contribution is 5.64. The van der Waals surface area contributed by atoms with Crippen LogP contribution < -0.4 is 0 Å². The van der Waals surface area contributed by atoms with Crippen molar-refractivity contribution < 1.29 is 40.2 Å². The highest BCUT2D eigenvalue weighted by Gasteiger charge is 2.68. The van der Waals surface area contributed by atoms with Crippen LogP contribution in [0.4, 0.5) is 30.7 Å². The number of hydrogen-bond acceptors (Lipinski definition) is 3. The van der Waals surface area contributed by atoms with Crippen LogP contribution in [0.1, 0.15) is 23.7 Å². The number of ether oxygens (including phenoxy) is 2. The zero-order valence-corrected chi connectivity index (χ0v) is 16.5. The number of epoxide rings is 1. The van der Waals surface area contributed by atoms with Crippen LogP contribution in [-0.4, -0.2) is 18.0 Å². The van der Waals surface area contributed by atoms with Crippen LogP contribution in [-0.2, 0) is 21.0 Å². The molecule has 0 amide bonds. The van der Waals surface area contributed by atoms with Crippen molar-refractivity contribution in [3.05, 3.63) is 95.6 Å². The first-order valence-corrected chi connectivity index (χ1v) is 9.10. The maximum absolute atomic E-state index is 15.1. The molecule has 1 fully saturated rings. The first-order valence-electron chi connectivity index (χ1n) is 9.10. The number of aromatic nitrogens is 1. The summed E-state index contributed by atoms with van der Waals surface area (Å²) >= 11 is 0. The zero-order chi connectivity index (χ0) is 23.7. The standard InChI is InChI=1S/C22H16F7NO2/c1-3-16(32-22(27,28)29)7-4-13(2)14-5-9-19(30-11-14)21(25,26)20(12-31-20)17-8-6-15(23)10-18(17)24/h3-11H,1,12H2,2H3/b13-4+,16-7+. The van der Waals surface area contributed by atoms with Crippen molar-refractivity contribution in [2.75, 3.05) is 6.61 Å². The maximum Gasteiger partial charge on any atom is 0.573 e. The van der Waals surface area contributed by atoms with Crippen molar-refractivity contribution in [1.29, 1.82) is 0 Å². The molecule has 1 aliphatic rings. The number of alkyl halides is 5. The lowest BCUT2D eigenvalue weighted by Crippen LogP contribution is -2.34. The Kier molecular flexibility index (Phi) is 6.19. The van der Waals surface area contributed by atoms with E-state index in [-0.39, 0.29) is 0 Å².